The SMILES string of the molecule is CC(C)(C)OC(=O)NCC(=O)O.Cc1cc(Cl)cnc1SC1CC1. The summed E-state index contributed by atoms with van der Waals surface area (Å²) in [6.07, 6.45) is 3.69. The fraction of sp³-hybridized carbons (Fsp3) is 0.562. The predicted molar refractivity (Wildman–Crippen MR) is 94.7 cm³/mol. The van der Waals surface area contributed by atoms with Crippen LogP contribution in [0.1, 0.15) is 39.2 Å². The third-order valence-corrected chi connectivity index (χ3v) is 4.24. The number of carbonyl (C=O) groups excluding carboxylic acids is 1. The van der Waals surface area contributed by atoms with Gasteiger partial charge in [-0.3, -0.25) is 4.79 Å². The van der Waals surface area contributed by atoms with Crippen LogP contribution < -0.4 is 5.32 Å². The van der Waals surface area contributed by atoms with E-state index in [0.29, 0.717) is 0 Å². The van der Waals surface area contributed by atoms with E-state index >= 15 is 0 Å². The van der Waals surface area contributed by atoms with Crippen LogP contribution in [0, 0.1) is 6.92 Å². The Morgan fingerprint density at radius 1 is 1.46 bits per heavy atom. The van der Waals surface area contributed by atoms with Crippen LogP contribution in [0.3, 0.4) is 0 Å². The van der Waals surface area contributed by atoms with E-state index in [1.807, 2.05) is 17.8 Å². The van der Waals surface area contributed by atoms with Crippen molar-refractivity contribution < 1.29 is 19.4 Å². The minimum absolute atomic E-state index is 0.422. The van der Waals surface area contributed by atoms with Gasteiger partial charge in [-0.2, -0.15) is 0 Å². The summed E-state index contributed by atoms with van der Waals surface area (Å²) in [7, 11) is 0. The fourth-order valence-electron chi connectivity index (χ4n) is 1.46. The van der Waals surface area contributed by atoms with Crippen LogP contribution in [0.5, 0.6) is 0 Å². The number of aromatic nitrogens is 1. The van der Waals surface area contributed by atoms with Gasteiger partial charge in [-0.25, -0.2) is 9.78 Å². The molecular formula is C16H23ClN2O4S. The molecule has 1 aromatic rings. The summed E-state index contributed by atoms with van der Waals surface area (Å²) in [5, 5.41) is 13.0. The number of carbonyl (C=O) groups is 2. The van der Waals surface area contributed by atoms with E-state index in [-0.39, 0.29) is 0 Å². The zero-order chi connectivity index (χ0) is 18.3. The van der Waals surface area contributed by atoms with Crippen molar-refractivity contribution in [1.82, 2.24) is 10.3 Å². The first-order valence-corrected chi connectivity index (χ1v) is 8.80. The number of nitrogens with one attached hydrogen (secondary N) is 1. The second kappa shape index (κ2) is 9.13. The number of carboxylic acid groups (broad SMARTS) is 1. The highest BCUT2D eigenvalue weighted by Gasteiger charge is 2.23. The summed E-state index contributed by atoms with van der Waals surface area (Å²) >= 11 is 7.67. The number of aryl methyl sites for hydroxylation is 1. The lowest BCUT2D eigenvalue weighted by molar-refractivity contribution is -0.136. The first-order chi connectivity index (χ1) is 11.1. The van der Waals surface area contributed by atoms with Gasteiger partial charge in [0.25, 0.3) is 0 Å². The minimum atomic E-state index is -1.10. The van der Waals surface area contributed by atoms with Crippen molar-refractivity contribution in [2.75, 3.05) is 6.54 Å². The molecule has 0 aromatic carbocycles. The number of aliphatic carboxylic acids is 1. The van der Waals surface area contributed by atoms with Crippen LogP contribution in [0.15, 0.2) is 17.3 Å². The Morgan fingerprint density at radius 2 is 2.08 bits per heavy atom. The molecule has 2 N–H and O–H groups in total. The van der Waals surface area contributed by atoms with E-state index in [1.165, 1.54) is 18.4 Å². The lowest BCUT2D eigenvalue weighted by Crippen LogP contribution is -2.35. The Kier molecular flexibility index (Phi) is 7.83. The molecule has 1 aromatic heterocycles. The molecule has 0 bridgehead atoms. The molecule has 6 nitrogen and oxygen atoms in total. The van der Waals surface area contributed by atoms with Crippen molar-refractivity contribution in [2.45, 2.75) is 56.4 Å². The molecular weight excluding hydrogens is 352 g/mol. The van der Waals surface area contributed by atoms with Crippen LogP contribution >= 0.6 is 23.4 Å². The van der Waals surface area contributed by atoms with Crippen LogP contribution in [0.25, 0.3) is 0 Å². The number of alkyl carbamates (subject to hydrolysis) is 1. The lowest BCUT2D eigenvalue weighted by atomic mass is 10.2. The number of amides is 1. The Labute approximate surface area is 151 Å². The maximum atomic E-state index is 10.8. The van der Waals surface area contributed by atoms with Gasteiger partial charge >= 0.3 is 12.1 Å². The fourth-order valence-corrected chi connectivity index (χ4v) is 2.72. The molecule has 0 spiro atoms. The summed E-state index contributed by atoms with van der Waals surface area (Å²) in [4.78, 5) is 25.1. The monoisotopic (exact) mass is 374 g/mol. The van der Waals surface area contributed by atoms with Gasteiger partial charge in [0.2, 0.25) is 0 Å². The zero-order valence-corrected chi connectivity index (χ0v) is 15.8. The van der Waals surface area contributed by atoms with E-state index in [1.54, 1.807) is 27.0 Å². The van der Waals surface area contributed by atoms with E-state index in [0.717, 1.165) is 15.3 Å². The Morgan fingerprint density at radius 3 is 2.54 bits per heavy atom. The van der Waals surface area contributed by atoms with Crippen LogP contribution in [-0.2, 0) is 9.53 Å². The van der Waals surface area contributed by atoms with Crippen molar-refractivity contribution in [2.24, 2.45) is 0 Å². The number of carboxylic acids is 1. The van der Waals surface area contributed by atoms with Gasteiger partial charge in [-0.15, -0.1) is 11.8 Å². The van der Waals surface area contributed by atoms with Gasteiger partial charge in [0.05, 0.1) is 10.0 Å². The third kappa shape index (κ3) is 9.62. The highest BCUT2D eigenvalue weighted by molar-refractivity contribution is 8.00. The molecule has 1 aliphatic carbocycles. The predicted octanol–water partition coefficient (Wildman–Crippen LogP) is 3.89. The van der Waals surface area contributed by atoms with Crippen molar-refractivity contribution in [3.8, 4) is 0 Å². The molecule has 1 saturated carbocycles. The van der Waals surface area contributed by atoms with E-state index in [9.17, 15) is 9.59 Å². The minimum Gasteiger partial charge on any atom is -0.480 e. The molecule has 0 radical (unpaired) electrons. The van der Waals surface area contributed by atoms with Gasteiger partial charge < -0.3 is 15.2 Å². The number of thioether (sulfide) groups is 1. The first-order valence-electron chi connectivity index (χ1n) is 7.54. The molecule has 1 amide bonds. The molecule has 0 aliphatic heterocycles. The smallest absolute Gasteiger partial charge is 0.408 e. The highest BCUT2D eigenvalue weighted by atomic mass is 35.5. The molecule has 8 heteroatoms. The quantitative estimate of drug-likeness (QED) is 0.831. The molecule has 2 rings (SSSR count). The first kappa shape index (κ1) is 20.6. The lowest BCUT2D eigenvalue weighted by Gasteiger charge is -2.19. The Bertz CT molecular complexity index is 586. The van der Waals surface area contributed by atoms with E-state index < -0.39 is 24.2 Å². The van der Waals surface area contributed by atoms with E-state index in [4.69, 9.17) is 21.4 Å². The maximum Gasteiger partial charge on any atom is 0.408 e. The van der Waals surface area contributed by atoms with Gasteiger partial charge in [0, 0.05) is 11.4 Å². The average molecular weight is 375 g/mol. The van der Waals surface area contributed by atoms with Crippen molar-refractivity contribution in [1.29, 1.82) is 0 Å². The number of hydrogen-bond acceptors (Lipinski definition) is 5. The topological polar surface area (TPSA) is 88.5 Å². The number of ether oxygens (including phenoxy) is 1. The maximum absolute atomic E-state index is 10.8. The molecule has 1 heterocycles. The van der Waals surface area contributed by atoms with Gasteiger partial charge in [-0.1, -0.05) is 11.6 Å². The van der Waals surface area contributed by atoms with Crippen molar-refractivity contribution >= 4 is 35.4 Å². The molecule has 1 fully saturated rings. The van der Waals surface area contributed by atoms with E-state index in [2.05, 4.69) is 17.2 Å². The number of hydrogen-bond donors (Lipinski definition) is 2. The average Bonchev–Trinajstić information content (AvgIpc) is 3.23. The third-order valence-electron chi connectivity index (χ3n) is 2.58. The summed E-state index contributed by atoms with van der Waals surface area (Å²) in [6, 6.07) is 1.97. The summed E-state index contributed by atoms with van der Waals surface area (Å²) in [5.41, 5.74) is 0.599. The Hall–Kier alpha value is -1.47. The summed E-state index contributed by atoms with van der Waals surface area (Å²) < 4.78 is 4.77. The van der Waals surface area contributed by atoms with Gasteiger partial charge in [0.1, 0.15) is 12.1 Å². The summed E-state index contributed by atoms with van der Waals surface area (Å²) in [5.74, 6) is -1.10. The van der Waals surface area contributed by atoms with Crippen LogP contribution in [0.4, 0.5) is 4.79 Å². The standard InChI is InChI=1S/C9H10ClNS.C7H13NO4/c1-6-4-7(10)5-11-9(6)12-8-2-3-8;1-7(2,3)12-6(11)8-4-5(9)10/h4-5,8H,2-3H2,1H3;4H2,1-3H3,(H,8,11)(H,9,10). The normalized spacial score (nSPS) is 13.5. The molecule has 0 saturated heterocycles. The number of rotatable bonds is 4. The summed E-state index contributed by atoms with van der Waals surface area (Å²) in [6.45, 7) is 6.74. The van der Waals surface area contributed by atoms with Gasteiger partial charge in [0.15, 0.2) is 0 Å². The Balaban J connectivity index is 0.000000240. The largest absolute Gasteiger partial charge is 0.480 e. The zero-order valence-electron chi connectivity index (χ0n) is 14.3. The number of pyridine rings is 1. The molecule has 0 unspecified atom stereocenters. The second-order valence-electron chi connectivity index (χ2n) is 6.34. The van der Waals surface area contributed by atoms with Crippen LogP contribution in [0.2, 0.25) is 5.02 Å². The molecule has 24 heavy (non-hydrogen) atoms. The molecule has 1 aliphatic rings. The second-order valence-corrected chi connectivity index (χ2v) is 8.07. The van der Waals surface area contributed by atoms with Crippen molar-refractivity contribution in [3.63, 3.8) is 0 Å². The molecule has 0 atom stereocenters. The highest BCUT2D eigenvalue weighted by Crippen LogP contribution is 2.39. The number of nitrogens with zero attached hydrogens (tertiary/aromatic N) is 1. The van der Waals surface area contributed by atoms with Gasteiger partial charge in [-0.05, 0) is 52.2 Å². The molecule has 134 valence electrons. The van der Waals surface area contributed by atoms with Crippen molar-refractivity contribution in [3.05, 3.63) is 22.8 Å². The van der Waals surface area contributed by atoms with Crippen LogP contribution in [-0.4, -0.2) is 39.5 Å². The number of halogens is 1.